The van der Waals surface area contributed by atoms with Gasteiger partial charge >= 0.3 is 0 Å². The highest BCUT2D eigenvalue weighted by Crippen LogP contribution is 2.39. The minimum atomic E-state index is -0.428. The molecule has 3 heterocycles. The van der Waals surface area contributed by atoms with Gasteiger partial charge in [0, 0.05) is 13.1 Å². The van der Waals surface area contributed by atoms with E-state index in [1.54, 1.807) is 18.4 Å². The van der Waals surface area contributed by atoms with Crippen LogP contribution in [0, 0.1) is 0 Å². The lowest BCUT2D eigenvalue weighted by molar-refractivity contribution is 0.127. The average Bonchev–Trinajstić information content (AvgIpc) is 3.21. The van der Waals surface area contributed by atoms with Gasteiger partial charge in [0.1, 0.15) is 18.1 Å². The highest BCUT2D eigenvalue weighted by molar-refractivity contribution is 7.17. The van der Waals surface area contributed by atoms with Crippen LogP contribution in [0.25, 0.3) is 4.96 Å². The lowest BCUT2D eigenvalue weighted by atomic mass is 10.1. The number of hydrogen-bond donors (Lipinski definition) is 3. The second-order valence-corrected chi connectivity index (χ2v) is 5.65. The third kappa shape index (κ3) is 2.59. The minimum Gasteiger partial charge on any atom is -0.492 e. The molecule has 0 amide bonds. The van der Waals surface area contributed by atoms with Gasteiger partial charge in [0.05, 0.1) is 24.4 Å². The molecule has 1 atom stereocenters. The van der Waals surface area contributed by atoms with Crippen LogP contribution in [0.15, 0.2) is 29.1 Å². The predicted octanol–water partition coefficient (Wildman–Crippen LogP) is 0.465. The molecular formula is C13H16N4O4S. The van der Waals surface area contributed by atoms with Gasteiger partial charge in [-0.05, 0) is 12.1 Å². The summed E-state index contributed by atoms with van der Waals surface area (Å²) in [7, 11) is 0. The Morgan fingerprint density at radius 2 is 2.09 bits per heavy atom. The van der Waals surface area contributed by atoms with E-state index in [4.69, 9.17) is 4.42 Å². The van der Waals surface area contributed by atoms with Crippen molar-refractivity contribution in [3.8, 4) is 5.88 Å². The van der Waals surface area contributed by atoms with Gasteiger partial charge in [0.15, 0.2) is 0 Å². The summed E-state index contributed by atoms with van der Waals surface area (Å²) in [6, 6.07) is 3.12. The molecule has 3 N–H and O–H groups in total. The minimum absolute atomic E-state index is 0.0141. The smallest absolute Gasteiger partial charge is 0.230 e. The fourth-order valence-corrected chi connectivity index (χ4v) is 3.49. The molecule has 0 saturated heterocycles. The van der Waals surface area contributed by atoms with Gasteiger partial charge in [-0.2, -0.15) is 9.61 Å². The van der Waals surface area contributed by atoms with Gasteiger partial charge in [-0.3, -0.25) is 4.90 Å². The highest BCUT2D eigenvalue weighted by Gasteiger charge is 2.30. The van der Waals surface area contributed by atoms with Crippen LogP contribution in [-0.4, -0.2) is 61.1 Å². The number of aliphatic hydroxyl groups is 2. The molecule has 0 fully saturated rings. The van der Waals surface area contributed by atoms with Gasteiger partial charge in [0.2, 0.25) is 10.8 Å². The molecule has 0 aliphatic rings. The first-order valence-electron chi connectivity index (χ1n) is 6.76. The van der Waals surface area contributed by atoms with Crippen LogP contribution in [0.1, 0.15) is 16.7 Å². The van der Waals surface area contributed by atoms with E-state index in [1.807, 2.05) is 4.90 Å². The molecule has 0 saturated carbocycles. The Bertz CT molecular complexity index is 718. The van der Waals surface area contributed by atoms with E-state index in [9.17, 15) is 15.3 Å². The Morgan fingerprint density at radius 3 is 2.68 bits per heavy atom. The van der Waals surface area contributed by atoms with Gasteiger partial charge in [-0.15, -0.1) is 0 Å². The van der Waals surface area contributed by atoms with Gasteiger partial charge in [0.25, 0.3) is 0 Å². The van der Waals surface area contributed by atoms with Crippen molar-refractivity contribution >= 4 is 16.3 Å². The summed E-state index contributed by atoms with van der Waals surface area (Å²) in [6.07, 6.45) is 2.92. The molecular weight excluding hydrogens is 308 g/mol. The molecule has 0 bridgehead atoms. The number of aliphatic hydroxyl groups excluding tert-OH is 2. The van der Waals surface area contributed by atoms with E-state index >= 15 is 0 Å². The summed E-state index contributed by atoms with van der Waals surface area (Å²) in [5.74, 6) is 0.599. The van der Waals surface area contributed by atoms with Crippen LogP contribution in [0.5, 0.6) is 5.88 Å². The molecule has 8 nitrogen and oxygen atoms in total. The number of fused-ring (bicyclic) bond motifs is 1. The van der Waals surface area contributed by atoms with Crippen molar-refractivity contribution in [2.45, 2.75) is 6.04 Å². The summed E-state index contributed by atoms with van der Waals surface area (Å²) in [5, 5.41) is 32.9. The molecule has 3 aromatic heterocycles. The van der Waals surface area contributed by atoms with Crippen LogP contribution in [0.4, 0.5) is 0 Å². The van der Waals surface area contributed by atoms with Crippen molar-refractivity contribution in [3.05, 3.63) is 35.4 Å². The van der Waals surface area contributed by atoms with Crippen LogP contribution < -0.4 is 0 Å². The van der Waals surface area contributed by atoms with Crippen molar-refractivity contribution in [1.82, 2.24) is 19.5 Å². The fraction of sp³-hybridized carbons (Fsp3) is 0.385. The van der Waals surface area contributed by atoms with E-state index in [-0.39, 0.29) is 19.1 Å². The monoisotopic (exact) mass is 324 g/mol. The second-order valence-electron chi connectivity index (χ2n) is 4.65. The first-order valence-corrected chi connectivity index (χ1v) is 7.58. The zero-order chi connectivity index (χ0) is 15.5. The Kier molecular flexibility index (Phi) is 4.39. The number of nitrogens with zero attached hydrogens (tertiary/aromatic N) is 4. The van der Waals surface area contributed by atoms with Gasteiger partial charge in [-0.25, -0.2) is 4.98 Å². The number of rotatable bonds is 7. The van der Waals surface area contributed by atoms with Crippen LogP contribution >= 0.6 is 11.3 Å². The van der Waals surface area contributed by atoms with Gasteiger partial charge < -0.3 is 19.7 Å². The van der Waals surface area contributed by atoms with E-state index in [0.29, 0.717) is 28.7 Å². The largest absolute Gasteiger partial charge is 0.492 e. The molecule has 0 aliphatic heterocycles. The summed E-state index contributed by atoms with van der Waals surface area (Å²) < 4.78 is 6.84. The van der Waals surface area contributed by atoms with Gasteiger partial charge in [-0.1, -0.05) is 11.3 Å². The molecule has 1 unspecified atom stereocenters. The second kappa shape index (κ2) is 6.44. The Morgan fingerprint density at radius 1 is 1.32 bits per heavy atom. The number of furan rings is 1. The maximum Gasteiger partial charge on any atom is 0.230 e. The number of thiazole rings is 1. The van der Waals surface area contributed by atoms with Crippen molar-refractivity contribution in [2.75, 3.05) is 26.3 Å². The van der Waals surface area contributed by atoms with Crippen molar-refractivity contribution < 1.29 is 19.7 Å². The van der Waals surface area contributed by atoms with Crippen molar-refractivity contribution in [1.29, 1.82) is 0 Å². The predicted molar refractivity (Wildman–Crippen MR) is 78.8 cm³/mol. The number of aromatic hydroxyl groups is 1. The normalized spacial score (nSPS) is 13.2. The Balaban J connectivity index is 2.07. The quantitative estimate of drug-likeness (QED) is 0.580. The summed E-state index contributed by atoms with van der Waals surface area (Å²) in [5.41, 5.74) is 0. The van der Waals surface area contributed by atoms with Crippen molar-refractivity contribution in [2.24, 2.45) is 0 Å². The Labute approximate surface area is 129 Å². The molecule has 0 aliphatic carbocycles. The lowest BCUT2D eigenvalue weighted by Crippen LogP contribution is -2.34. The first-order chi connectivity index (χ1) is 10.8. The standard InChI is InChI=1S/C13H16N4O4S/c18-5-3-16(4-6-19)10(9-2-1-7-21-9)11-12(20)17-13(22-11)14-8-15-17/h1-2,7-8,10,18-20H,3-6H2. The summed E-state index contributed by atoms with van der Waals surface area (Å²) in [4.78, 5) is 7.09. The summed E-state index contributed by atoms with van der Waals surface area (Å²) >= 11 is 1.29. The maximum absolute atomic E-state index is 10.4. The molecule has 118 valence electrons. The zero-order valence-corrected chi connectivity index (χ0v) is 12.5. The topological polar surface area (TPSA) is 107 Å². The summed E-state index contributed by atoms with van der Waals surface area (Å²) in [6.45, 7) is 0.523. The van der Waals surface area contributed by atoms with E-state index in [0.717, 1.165) is 0 Å². The highest BCUT2D eigenvalue weighted by atomic mass is 32.1. The van der Waals surface area contributed by atoms with Crippen LogP contribution in [0.2, 0.25) is 0 Å². The van der Waals surface area contributed by atoms with Crippen LogP contribution in [0.3, 0.4) is 0 Å². The van der Waals surface area contributed by atoms with E-state index < -0.39 is 6.04 Å². The molecule has 0 radical (unpaired) electrons. The molecule has 0 aromatic carbocycles. The SMILES string of the molecule is OCCN(CCO)C(c1ccco1)c1sc2ncnn2c1O. The number of hydrogen-bond acceptors (Lipinski definition) is 8. The third-order valence-corrected chi connectivity index (χ3v) is 4.43. The van der Waals surface area contributed by atoms with Crippen molar-refractivity contribution in [3.63, 3.8) is 0 Å². The fourth-order valence-electron chi connectivity index (χ4n) is 2.42. The first kappa shape index (κ1) is 15.0. The average molecular weight is 324 g/mol. The molecule has 3 aromatic rings. The zero-order valence-electron chi connectivity index (χ0n) is 11.7. The molecule has 9 heteroatoms. The van der Waals surface area contributed by atoms with E-state index in [2.05, 4.69) is 10.1 Å². The molecule has 22 heavy (non-hydrogen) atoms. The van der Waals surface area contributed by atoms with Crippen LogP contribution in [-0.2, 0) is 0 Å². The maximum atomic E-state index is 10.4. The molecule has 3 rings (SSSR count). The Hall–Kier alpha value is -1.94. The van der Waals surface area contributed by atoms with E-state index in [1.165, 1.54) is 22.2 Å². The lowest BCUT2D eigenvalue weighted by Gasteiger charge is -2.28. The third-order valence-electron chi connectivity index (χ3n) is 3.34. The number of aromatic nitrogens is 3. The molecule has 0 spiro atoms.